The molecule has 0 aromatic heterocycles. The van der Waals surface area contributed by atoms with Crippen molar-refractivity contribution < 1.29 is 19.4 Å². The number of halogens is 1. The number of hydrogen-bond acceptors (Lipinski definition) is 4. The van der Waals surface area contributed by atoms with E-state index < -0.39 is 17.7 Å². The van der Waals surface area contributed by atoms with Crippen LogP contribution in [-0.2, 0) is 14.3 Å². The fraction of sp³-hybridized carbons (Fsp3) is 0.273. The molecule has 2 aromatic carbocycles. The number of Topliss-reactive ketones (excluding diaryl/α,β-unsaturated/α-hetero) is 1. The van der Waals surface area contributed by atoms with Gasteiger partial charge in [-0.1, -0.05) is 60.1 Å². The fourth-order valence-corrected chi connectivity index (χ4v) is 4.09. The monoisotopic (exact) mass is 397 g/mol. The number of hydrogen-bond donors (Lipinski definition) is 1. The summed E-state index contributed by atoms with van der Waals surface area (Å²) in [4.78, 5) is 27.3. The zero-order valence-electron chi connectivity index (χ0n) is 15.2. The molecule has 0 aliphatic carbocycles. The highest BCUT2D eigenvalue weighted by Gasteiger charge is 2.47. The normalized spacial score (nSPS) is 24.1. The summed E-state index contributed by atoms with van der Waals surface area (Å²) in [5.41, 5.74) is 1.15. The Balaban J connectivity index is 1.84. The van der Waals surface area contributed by atoms with Crippen LogP contribution < -0.4 is 0 Å². The molecule has 2 aliphatic heterocycles. The van der Waals surface area contributed by atoms with E-state index in [1.807, 2.05) is 6.07 Å². The Labute approximate surface area is 168 Å². The van der Waals surface area contributed by atoms with Gasteiger partial charge in [0.1, 0.15) is 5.76 Å². The van der Waals surface area contributed by atoms with Gasteiger partial charge in [-0.3, -0.25) is 9.59 Å². The van der Waals surface area contributed by atoms with Crippen molar-refractivity contribution in [2.75, 3.05) is 13.2 Å². The van der Waals surface area contributed by atoms with E-state index >= 15 is 0 Å². The third-order valence-corrected chi connectivity index (χ3v) is 5.56. The lowest BCUT2D eigenvalue weighted by atomic mass is 9.95. The summed E-state index contributed by atoms with van der Waals surface area (Å²) >= 11 is 6.41. The van der Waals surface area contributed by atoms with Crippen molar-refractivity contribution in [3.63, 3.8) is 0 Å². The van der Waals surface area contributed by atoms with Crippen LogP contribution in [0.1, 0.15) is 30.0 Å². The number of ketones is 1. The topological polar surface area (TPSA) is 66.8 Å². The van der Waals surface area contributed by atoms with Gasteiger partial charge in [-0.25, -0.2) is 0 Å². The summed E-state index contributed by atoms with van der Waals surface area (Å²) in [6.07, 6.45) is 1.63. The van der Waals surface area contributed by atoms with Crippen LogP contribution in [0.3, 0.4) is 0 Å². The van der Waals surface area contributed by atoms with Crippen LogP contribution in [0.2, 0.25) is 5.02 Å². The van der Waals surface area contributed by atoms with Gasteiger partial charge in [0.15, 0.2) is 0 Å². The van der Waals surface area contributed by atoms with E-state index in [0.29, 0.717) is 22.8 Å². The predicted octanol–water partition coefficient (Wildman–Crippen LogP) is 3.94. The first-order chi connectivity index (χ1) is 13.6. The minimum absolute atomic E-state index is 0.0577. The Morgan fingerprint density at radius 2 is 1.82 bits per heavy atom. The van der Waals surface area contributed by atoms with Crippen LogP contribution in [0.15, 0.2) is 60.2 Å². The Kier molecular flexibility index (Phi) is 5.20. The highest BCUT2D eigenvalue weighted by molar-refractivity contribution is 6.47. The number of carbonyl (C=O) groups is 2. The molecule has 0 saturated carbocycles. The summed E-state index contributed by atoms with van der Waals surface area (Å²) in [5.74, 6) is -1.54. The highest BCUT2D eigenvalue weighted by atomic mass is 35.5. The lowest BCUT2D eigenvalue weighted by molar-refractivity contribution is -0.140. The molecule has 4 rings (SSSR count). The molecule has 28 heavy (non-hydrogen) atoms. The molecule has 6 heteroatoms. The largest absolute Gasteiger partial charge is 0.507 e. The molecule has 2 aliphatic rings. The summed E-state index contributed by atoms with van der Waals surface area (Å²) < 4.78 is 5.68. The second-order valence-electron chi connectivity index (χ2n) is 6.97. The maximum Gasteiger partial charge on any atom is 0.295 e. The number of nitrogens with zero attached hydrogens (tertiary/aromatic N) is 1. The number of aliphatic hydroxyl groups is 1. The van der Waals surface area contributed by atoms with Crippen LogP contribution in [0.25, 0.3) is 5.76 Å². The van der Waals surface area contributed by atoms with Gasteiger partial charge in [-0.2, -0.15) is 0 Å². The summed E-state index contributed by atoms with van der Waals surface area (Å²) in [7, 11) is 0. The predicted molar refractivity (Wildman–Crippen MR) is 106 cm³/mol. The van der Waals surface area contributed by atoms with E-state index in [2.05, 4.69) is 0 Å². The molecule has 0 radical (unpaired) electrons. The van der Waals surface area contributed by atoms with Crippen LogP contribution in [0.5, 0.6) is 0 Å². The van der Waals surface area contributed by atoms with Gasteiger partial charge in [0.25, 0.3) is 11.7 Å². The first kappa shape index (κ1) is 18.7. The van der Waals surface area contributed by atoms with Gasteiger partial charge in [0.05, 0.1) is 17.7 Å². The average Bonchev–Trinajstić information content (AvgIpc) is 3.31. The van der Waals surface area contributed by atoms with Gasteiger partial charge < -0.3 is 14.7 Å². The fourth-order valence-electron chi connectivity index (χ4n) is 3.85. The number of ether oxygens (including phenoxy) is 1. The van der Waals surface area contributed by atoms with Gasteiger partial charge in [-0.15, -0.1) is 0 Å². The van der Waals surface area contributed by atoms with Gasteiger partial charge in [0.2, 0.25) is 0 Å². The first-order valence-electron chi connectivity index (χ1n) is 9.28. The van der Waals surface area contributed by atoms with Crippen molar-refractivity contribution >= 4 is 29.1 Å². The molecule has 1 amide bonds. The lowest BCUT2D eigenvalue weighted by Gasteiger charge is -2.28. The maximum absolute atomic E-state index is 12.9. The number of carbonyl (C=O) groups excluding carboxylic acids is 2. The third kappa shape index (κ3) is 3.32. The number of aliphatic hydroxyl groups excluding tert-OH is 1. The van der Waals surface area contributed by atoms with Gasteiger partial charge >= 0.3 is 0 Å². The third-order valence-electron chi connectivity index (χ3n) is 5.21. The zero-order chi connectivity index (χ0) is 19.7. The van der Waals surface area contributed by atoms with Crippen molar-refractivity contribution in [3.05, 3.63) is 76.3 Å². The lowest BCUT2D eigenvalue weighted by Crippen LogP contribution is -2.36. The van der Waals surface area contributed by atoms with Crippen molar-refractivity contribution in [3.8, 4) is 0 Å². The molecule has 2 fully saturated rings. The summed E-state index contributed by atoms with van der Waals surface area (Å²) in [6, 6.07) is 15.1. The van der Waals surface area contributed by atoms with E-state index in [4.69, 9.17) is 16.3 Å². The minimum Gasteiger partial charge on any atom is -0.507 e. The number of rotatable bonds is 4. The molecular weight excluding hydrogens is 378 g/mol. The minimum atomic E-state index is -0.752. The summed E-state index contributed by atoms with van der Waals surface area (Å²) in [5, 5.41) is 11.4. The molecule has 2 saturated heterocycles. The van der Waals surface area contributed by atoms with Crippen molar-refractivity contribution in [1.29, 1.82) is 0 Å². The van der Waals surface area contributed by atoms with Crippen LogP contribution in [0.4, 0.5) is 0 Å². The molecule has 2 atom stereocenters. The number of amides is 1. The van der Waals surface area contributed by atoms with Crippen molar-refractivity contribution in [1.82, 2.24) is 4.90 Å². The quantitative estimate of drug-likeness (QED) is 0.482. The van der Waals surface area contributed by atoms with E-state index in [-0.39, 0.29) is 24.0 Å². The molecular formula is C22H20ClNO4. The molecule has 144 valence electrons. The smallest absolute Gasteiger partial charge is 0.295 e. The highest BCUT2D eigenvalue weighted by Crippen LogP contribution is 2.42. The Morgan fingerprint density at radius 3 is 2.50 bits per heavy atom. The Hall–Kier alpha value is -2.63. The molecule has 0 bridgehead atoms. The second-order valence-corrected chi connectivity index (χ2v) is 7.38. The van der Waals surface area contributed by atoms with Crippen LogP contribution in [0, 0.1) is 0 Å². The average molecular weight is 398 g/mol. The number of likely N-dealkylation sites (tertiary alicyclic amines) is 1. The Morgan fingerprint density at radius 1 is 1.11 bits per heavy atom. The SMILES string of the molecule is O=C1C(=O)N(C[C@H]2CCCO2)[C@@H](c2ccccc2Cl)/C1=C(\O)c1ccccc1. The molecule has 0 unspecified atom stereocenters. The second kappa shape index (κ2) is 7.78. The van der Waals surface area contributed by atoms with Gasteiger partial charge in [-0.05, 0) is 24.5 Å². The van der Waals surface area contributed by atoms with Gasteiger partial charge in [0, 0.05) is 23.7 Å². The van der Waals surface area contributed by atoms with E-state index in [1.165, 1.54) is 4.90 Å². The molecule has 5 nitrogen and oxygen atoms in total. The van der Waals surface area contributed by atoms with Crippen molar-refractivity contribution in [2.45, 2.75) is 25.0 Å². The van der Waals surface area contributed by atoms with E-state index in [9.17, 15) is 14.7 Å². The molecule has 1 N–H and O–H groups in total. The molecule has 2 aromatic rings. The van der Waals surface area contributed by atoms with Crippen LogP contribution in [-0.4, -0.2) is 41.0 Å². The molecule has 0 spiro atoms. The Bertz CT molecular complexity index is 935. The van der Waals surface area contributed by atoms with E-state index in [1.54, 1.807) is 48.5 Å². The first-order valence-corrected chi connectivity index (χ1v) is 9.65. The van der Waals surface area contributed by atoms with Crippen LogP contribution >= 0.6 is 11.6 Å². The van der Waals surface area contributed by atoms with E-state index in [0.717, 1.165) is 12.8 Å². The number of benzene rings is 2. The van der Waals surface area contributed by atoms with Crippen molar-refractivity contribution in [2.24, 2.45) is 0 Å². The molecule has 2 heterocycles. The maximum atomic E-state index is 12.9. The zero-order valence-corrected chi connectivity index (χ0v) is 15.9. The summed E-state index contributed by atoms with van der Waals surface area (Å²) in [6.45, 7) is 0.932. The standard InChI is InChI=1S/C22H20ClNO4/c23-17-11-5-4-10-16(17)19-18(20(25)14-7-2-1-3-8-14)21(26)22(27)24(19)13-15-9-6-12-28-15/h1-5,7-8,10-11,15,19,25H,6,9,12-13H2/b20-18+/t15-,19+/m1/s1.